The van der Waals surface area contributed by atoms with Crippen LogP contribution >= 0.6 is 0 Å². The van der Waals surface area contributed by atoms with Crippen molar-refractivity contribution in [2.75, 3.05) is 20.3 Å². The van der Waals surface area contributed by atoms with Crippen molar-refractivity contribution in [3.05, 3.63) is 0 Å². The average molecular weight is 272 g/mol. The quantitative estimate of drug-likeness (QED) is 0.505. The standard InChI is InChI=1S/C13H20O6/c1-4-18-11(15)9(12(16)19-5-2)10(14)13(17-3)7-6-8-13/h9H,4-8H2,1-3H3. The molecule has 19 heavy (non-hydrogen) atoms. The monoisotopic (exact) mass is 272 g/mol. The van der Waals surface area contributed by atoms with Crippen molar-refractivity contribution in [1.29, 1.82) is 0 Å². The van der Waals surface area contributed by atoms with E-state index >= 15 is 0 Å². The van der Waals surface area contributed by atoms with Gasteiger partial charge in [0, 0.05) is 7.11 Å². The molecule has 0 spiro atoms. The third-order valence-electron chi connectivity index (χ3n) is 3.31. The third kappa shape index (κ3) is 3.12. The van der Waals surface area contributed by atoms with Gasteiger partial charge < -0.3 is 14.2 Å². The molecule has 0 N–H and O–H groups in total. The van der Waals surface area contributed by atoms with Gasteiger partial charge in [-0.2, -0.15) is 0 Å². The lowest BCUT2D eigenvalue weighted by Crippen LogP contribution is -2.53. The lowest BCUT2D eigenvalue weighted by molar-refractivity contribution is -0.174. The molecule has 0 bridgehead atoms. The summed E-state index contributed by atoms with van der Waals surface area (Å²) in [7, 11) is 1.41. The molecule has 108 valence electrons. The van der Waals surface area contributed by atoms with E-state index in [0.717, 1.165) is 6.42 Å². The Morgan fingerprint density at radius 3 is 1.79 bits per heavy atom. The Kier molecular flexibility index (Phi) is 5.47. The van der Waals surface area contributed by atoms with Crippen LogP contribution < -0.4 is 0 Å². The molecule has 1 saturated carbocycles. The number of esters is 2. The largest absolute Gasteiger partial charge is 0.465 e. The molecule has 0 aromatic heterocycles. The van der Waals surface area contributed by atoms with Gasteiger partial charge in [0.2, 0.25) is 5.92 Å². The second kappa shape index (κ2) is 6.65. The zero-order chi connectivity index (χ0) is 14.5. The lowest BCUT2D eigenvalue weighted by Gasteiger charge is -2.39. The zero-order valence-corrected chi connectivity index (χ0v) is 11.6. The van der Waals surface area contributed by atoms with E-state index in [4.69, 9.17) is 14.2 Å². The Labute approximate surface area is 112 Å². The number of ether oxygens (including phenoxy) is 3. The van der Waals surface area contributed by atoms with Crippen LogP contribution in [0.25, 0.3) is 0 Å². The first-order valence-corrected chi connectivity index (χ1v) is 6.45. The topological polar surface area (TPSA) is 78.9 Å². The summed E-state index contributed by atoms with van der Waals surface area (Å²) in [5, 5.41) is 0. The second-order valence-corrected chi connectivity index (χ2v) is 4.35. The van der Waals surface area contributed by atoms with Crippen LogP contribution in [0, 0.1) is 5.92 Å². The molecule has 0 heterocycles. The van der Waals surface area contributed by atoms with Gasteiger partial charge in [-0.1, -0.05) is 0 Å². The summed E-state index contributed by atoms with van der Waals surface area (Å²) in [6, 6.07) is 0. The highest BCUT2D eigenvalue weighted by Crippen LogP contribution is 2.38. The first-order chi connectivity index (χ1) is 9.02. The van der Waals surface area contributed by atoms with E-state index < -0.39 is 29.2 Å². The molecule has 0 aliphatic heterocycles. The Hall–Kier alpha value is -1.43. The highest BCUT2D eigenvalue weighted by atomic mass is 16.6. The minimum Gasteiger partial charge on any atom is -0.465 e. The molecule has 6 heteroatoms. The van der Waals surface area contributed by atoms with Crippen LogP contribution in [0.15, 0.2) is 0 Å². The molecule has 0 saturated heterocycles. The van der Waals surface area contributed by atoms with E-state index in [2.05, 4.69) is 0 Å². The average Bonchev–Trinajstić information content (AvgIpc) is 2.29. The van der Waals surface area contributed by atoms with Crippen molar-refractivity contribution in [2.45, 2.75) is 38.7 Å². The van der Waals surface area contributed by atoms with E-state index in [1.807, 2.05) is 0 Å². The maximum atomic E-state index is 12.4. The molecule has 1 rings (SSSR count). The van der Waals surface area contributed by atoms with Crippen molar-refractivity contribution in [3.63, 3.8) is 0 Å². The summed E-state index contributed by atoms with van der Waals surface area (Å²) < 4.78 is 14.8. The van der Waals surface area contributed by atoms with Gasteiger partial charge in [-0.05, 0) is 33.1 Å². The lowest BCUT2D eigenvalue weighted by atomic mass is 9.73. The second-order valence-electron chi connectivity index (χ2n) is 4.35. The first kappa shape index (κ1) is 15.6. The highest BCUT2D eigenvalue weighted by molar-refractivity contribution is 6.17. The molecule has 0 aromatic rings. The number of rotatable bonds is 7. The van der Waals surface area contributed by atoms with Gasteiger partial charge >= 0.3 is 11.9 Å². The Balaban J connectivity index is 2.92. The van der Waals surface area contributed by atoms with Gasteiger partial charge in [-0.15, -0.1) is 0 Å². The third-order valence-corrected chi connectivity index (χ3v) is 3.31. The fourth-order valence-corrected chi connectivity index (χ4v) is 2.07. The summed E-state index contributed by atoms with van der Waals surface area (Å²) >= 11 is 0. The minimum absolute atomic E-state index is 0.0992. The van der Waals surface area contributed by atoms with E-state index in [0.29, 0.717) is 12.8 Å². The normalized spacial score (nSPS) is 16.6. The molecular weight excluding hydrogens is 252 g/mol. The van der Waals surface area contributed by atoms with E-state index in [9.17, 15) is 14.4 Å². The molecule has 0 aromatic carbocycles. The van der Waals surface area contributed by atoms with Crippen LogP contribution in [0.1, 0.15) is 33.1 Å². The number of carbonyl (C=O) groups is 3. The van der Waals surface area contributed by atoms with Crippen LogP contribution in [0.3, 0.4) is 0 Å². The molecule has 1 fully saturated rings. The van der Waals surface area contributed by atoms with E-state index in [1.54, 1.807) is 13.8 Å². The van der Waals surface area contributed by atoms with Crippen LogP contribution in [0.4, 0.5) is 0 Å². The first-order valence-electron chi connectivity index (χ1n) is 6.45. The molecule has 1 aliphatic rings. The summed E-state index contributed by atoms with van der Waals surface area (Å²) in [5.41, 5.74) is -1.04. The van der Waals surface area contributed by atoms with Crippen LogP contribution in [-0.4, -0.2) is 43.6 Å². The van der Waals surface area contributed by atoms with Crippen LogP contribution in [0.2, 0.25) is 0 Å². The van der Waals surface area contributed by atoms with Crippen LogP contribution in [0.5, 0.6) is 0 Å². The number of ketones is 1. The summed E-state index contributed by atoms with van der Waals surface area (Å²) in [6.45, 7) is 3.42. The number of carbonyl (C=O) groups excluding carboxylic acids is 3. The maximum Gasteiger partial charge on any atom is 0.328 e. The van der Waals surface area contributed by atoms with Gasteiger partial charge in [0.15, 0.2) is 5.78 Å². The van der Waals surface area contributed by atoms with Crippen molar-refractivity contribution in [3.8, 4) is 0 Å². The van der Waals surface area contributed by atoms with Gasteiger partial charge in [0.25, 0.3) is 0 Å². The Bertz CT molecular complexity index is 335. The number of hydrogen-bond acceptors (Lipinski definition) is 6. The fraction of sp³-hybridized carbons (Fsp3) is 0.769. The number of Topliss-reactive ketones (excluding diaryl/α,β-unsaturated/α-hetero) is 1. The van der Waals surface area contributed by atoms with E-state index in [-0.39, 0.29) is 13.2 Å². The van der Waals surface area contributed by atoms with Gasteiger partial charge in [-0.3, -0.25) is 14.4 Å². The Morgan fingerprint density at radius 2 is 1.53 bits per heavy atom. The predicted octanol–water partition coefficient (Wildman–Crippen LogP) is 0.867. The SMILES string of the molecule is CCOC(=O)C(C(=O)OCC)C(=O)C1(OC)CCC1. The zero-order valence-electron chi connectivity index (χ0n) is 11.6. The maximum absolute atomic E-state index is 12.4. The predicted molar refractivity (Wildman–Crippen MR) is 65.4 cm³/mol. The smallest absolute Gasteiger partial charge is 0.328 e. The Morgan fingerprint density at radius 1 is 1.05 bits per heavy atom. The molecule has 0 atom stereocenters. The highest BCUT2D eigenvalue weighted by Gasteiger charge is 2.52. The van der Waals surface area contributed by atoms with Crippen LogP contribution in [-0.2, 0) is 28.6 Å². The minimum atomic E-state index is -1.54. The number of methoxy groups -OCH3 is 1. The molecule has 6 nitrogen and oxygen atoms in total. The van der Waals surface area contributed by atoms with Crippen molar-refractivity contribution >= 4 is 17.7 Å². The summed E-state index contributed by atoms with van der Waals surface area (Å²) in [5.74, 6) is -3.83. The fourth-order valence-electron chi connectivity index (χ4n) is 2.07. The summed E-state index contributed by atoms with van der Waals surface area (Å²) in [6.07, 6.45) is 1.85. The molecule has 1 aliphatic carbocycles. The van der Waals surface area contributed by atoms with Gasteiger partial charge in [0.05, 0.1) is 13.2 Å². The van der Waals surface area contributed by atoms with Crippen molar-refractivity contribution < 1.29 is 28.6 Å². The summed E-state index contributed by atoms with van der Waals surface area (Å²) in [4.78, 5) is 36.0. The molecule has 0 unspecified atom stereocenters. The number of hydrogen-bond donors (Lipinski definition) is 0. The molecule has 0 radical (unpaired) electrons. The molecule has 0 amide bonds. The van der Waals surface area contributed by atoms with Gasteiger partial charge in [0.1, 0.15) is 5.60 Å². The van der Waals surface area contributed by atoms with E-state index in [1.165, 1.54) is 7.11 Å². The molecular formula is C13H20O6. The van der Waals surface area contributed by atoms with Gasteiger partial charge in [-0.25, -0.2) is 0 Å². The van der Waals surface area contributed by atoms with Crippen molar-refractivity contribution in [2.24, 2.45) is 5.92 Å². The van der Waals surface area contributed by atoms with Crippen molar-refractivity contribution in [1.82, 2.24) is 0 Å².